The number of rotatable bonds is 8. The first-order valence-electron chi connectivity index (χ1n) is 12.3. The van der Waals surface area contributed by atoms with Gasteiger partial charge in [-0.3, -0.25) is 14.4 Å². The molecular weight excluding hydrogens is 436 g/mol. The summed E-state index contributed by atoms with van der Waals surface area (Å²) in [5.74, 6) is 0.713. The summed E-state index contributed by atoms with van der Waals surface area (Å²) in [6, 6.07) is 15.8. The van der Waals surface area contributed by atoms with E-state index in [0.29, 0.717) is 35.9 Å². The highest BCUT2D eigenvalue weighted by Gasteiger charge is 2.14. The molecule has 0 spiro atoms. The molecule has 4 rings (SSSR count). The number of anilines is 1. The molecule has 1 unspecified atom stereocenters. The van der Waals surface area contributed by atoms with Crippen LogP contribution in [0.15, 0.2) is 66.3 Å². The van der Waals surface area contributed by atoms with Crippen molar-refractivity contribution in [1.29, 1.82) is 0 Å². The van der Waals surface area contributed by atoms with Gasteiger partial charge in [0.25, 0.3) is 5.91 Å². The number of nitrogen functional groups attached to an aromatic ring is 1. The molecule has 1 atom stereocenters. The first kappa shape index (κ1) is 24.4. The van der Waals surface area contributed by atoms with Crippen molar-refractivity contribution in [3.63, 3.8) is 0 Å². The first-order valence-corrected chi connectivity index (χ1v) is 12.3. The van der Waals surface area contributed by atoms with Gasteiger partial charge in [0.1, 0.15) is 0 Å². The zero-order valence-electron chi connectivity index (χ0n) is 20.3. The van der Waals surface area contributed by atoms with Crippen molar-refractivity contribution in [2.24, 2.45) is 10.9 Å². The average molecular weight is 471 g/mol. The SMILES string of the molecule is C=Cn1c(-c2cccc(C(=O)NCc3ccc(CC)cc3)c2)cnc(N)c1=NCC1CCCNC1. The van der Waals surface area contributed by atoms with Crippen LogP contribution in [0.1, 0.15) is 41.3 Å². The molecule has 35 heavy (non-hydrogen) atoms. The minimum Gasteiger partial charge on any atom is -0.381 e. The van der Waals surface area contributed by atoms with E-state index in [0.717, 1.165) is 49.2 Å². The highest BCUT2D eigenvalue weighted by atomic mass is 16.1. The molecule has 0 radical (unpaired) electrons. The molecule has 1 saturated heterocycles. The summed E-state index contributed by atoms with van der Waals surface area (Å²) in [4.78, 5) is 22.1. The summed E-state index contributed by atoms with van der Waals surface area (Å²) >= 11 is 0. The van der Waals surface area contributed by atoms with Crippen LogP contribution in [0.3, 0.4) is 0 Å². The third-order valence-electron chi connectivity index (χ3n) is 6.43. The molecule has 0 saturated carbocycles. The fourth-order valence-corrected chi connectivity index (χ4v) is 4.34. The molecule has 1 amide bonds. The number of hydrogen-bond donors (Lipinski definition) is 3. The molecular formula is C28H34N6O. The number of nitrogens with zero attached hydrogens (tertiary/aromatic N) is 3. The third kappa shape index (κ3) is 6.05. The van der Waals surface area contributed by atoms with Crippen LogP contribution in [0.25, 0.3) is 17.5 Å². The molecule has 1 fully saturated rings. The number of amides is 1. The Morgan fingerprint density at radius 1 is 1.29 bits per heavy atom. The maximum atomic E-state index is 12.9. The smallest absolute Gasteiger partial charge is 0.251 e. The molecule has 3 aromatic rings. The Morgan fingerprint density at radius 3 is 2.80 bits per heavy atom. The highest BCUT2D eigenvalue weighted by molar-refractivity contribution is 5.95. The topological polar surface area (TPSA) is 97.3 Å². The van der Waals surface area contributed by atoms with Crippen molar-refractivity contribution in [3.8, 4) is 11.3 Å². The second kappa shape index (κ2) is 11.6. The molecule has 1 aliphatic heterocycles. The Labute approximate surface area is 206 Å². The number of carbonyl (C=O) groups is 1. The molecule has 1 aromatic heterocycles. The predicted octanol–water partition coefficient (Wildman–Crippen LogP) is 3.63. The fraction of sp³-hybridized carbons (Fsp3) is 0.321. The van der Waals surface area contributed by atoms with Gasteiger partial charge in [-0.05, 0) is 61.5 Å². The van der Waals surface area contributed by atoms with E-state index in [1.165, 1.54) is 5.56 Å². The Kier molecular flexibility index (Phi) is 8.11. The lowest BCUT2D eigenvalue weighted by atomic mass is 10.0. The first-order chi connectivity index (χ1) is 17.1. The Hall–Kier alpha value is -3.71. The number of hydrogen-bond acceptors (Lipinski definition) is 5. The van der Waals surface area contributed by atoms with Crippen LogP contribution in [0.2, 0.25) is 0 Å². The predicted molar refractivity (Wildman–Crippen MR) is 141 cm³/mol. The second-order valence-electron chi connectivity index (χ2n) is 8.89. The molecule has 1 aliphatic rings. The van der Waals surface area contributed by atoms with E-state index in [2.05, 4.69) is 53.4 Å². The number of nitrogens with one attached hydrogen (secondary N) is 2. The Morgan fingerprint density at radius 2 is 2.09 bits per heavy atom. The lowest BCUT2D eigenvalue weighted by Gasteiger charge is -2.21. The highest BCUT2D eigenvalue weighted by Crippen LogP contribution is 2.20. The van der Waals surface area contributed by atoms with E-state index in [1.54, 1.807) is 12.4 Å². The molecule has 182 valence electrons. The van der Waals surface area contributed by atoms with Crippen LogP contribution in [0, 0.1) is 5.92 Å². The molecule has 0 bridgehead atoms. The van der Waals surface area contributed by atoms with Gasteiger partial charge < -0.3 is 16.4 Å². The van der Waals surface area contributed by atoms with E-state index in [9.17, 15) is 4.79 Å². The quantitative estimate of drug-likeness (QED) is 0.468. The lowest BCUT2D eigenvalue weighted by molar-refractivity contribution is 0.0951. The zero-order valence-corrected chi connectivity index (χ0v) is 20.3. The maximum Gasteiger partial charge on any atom is 0.251 e. The normalized spacial score (nSPS) is 16.1. The van der Waals surface area contributed by atoms with Crippen molar-refractivity contribution in [2.75, 3.05) is 25.4 Å². The lowest BCUT2D eigenvalue weighted by Crippen LogP contribution is -2.32. The van der Waals surface area contributed by atoms with E-state index < -0.39 is 0 Å². The van der Waals surface area contributed by atoms with Crippen molar-refractivity contribution in [2.45, 2.75) is 32.7 Å². The van der Waals surface area contributed by atoms with Crippen molar-refractivity contribution in [3.05, 3.63) is 83.5 Å². The van der Waals surface area contributed by atoms with Crippen LogP contribution in [0.4, 0.5) is 5.82 Å². The monoisotopic (exact) mass is 470 g/mol. The van der Waals surface area contributed by atoms with E-state index in [4.69, 9.17) is 10.7 Å². The summed E-state index contributed by atoms with van der Waals surface area (Å²) in [5.41, 5.74) is 11.3. The van der Waals surface area contributed by atoms with Gasteiger partial charge in [-0.1, -0.05) is 49.9 Å². The Bertz CT molecular complexity index is 1240. The van der Waals surface area contributed by atoms with Crippen LogP contribution >= 0.6 is 0 Å². The Balaban J connectivity index is 1.55. The second-order valence-corrected chi connectivity index (χ2v) is 8.89. The molecule has 7 nitrogen and oxygen atoms in total. The molecule has 4 N–H and O–H groups in total. The van der Waals surface area contributed by atoms with Gasteiger partial charge >= 0.3 is 0 Å². The standard InChI is InChI=1S/C28H34N6O/c1-3-20-10-12-21(13-11-20)17-33-28(35)24-9-5-8-23(15-24)25-19-31-26(29)27(34(25)4-2)32-18-22-7-6-14-30-16-22/h4-5,8-13,15,19,22,30H,2-3,6-7,14,16-18H2,1H3,(H2,29,31)(H,33,35). The van der Waals surface area contributed by atoms with Crippen LogP contribution < -0.4 is 21.9 Å². The minimum absolute atomic E-state index is 0.130. The van der Waals surface area contributed by atoms with E-state index >= 15 is 0 Å². The van der Waals surface area contributed by atoms with Crippen LogP contribution in [0.5, 0.6) is 0 Å². The largest absolute Gasteiger partial charge is 0.381 e. The minimum atomic E-state index is -0.130. The van der Waals surface area contributed by atoms with Gasteiger partial charge in [-0.25, -0.2) is 4.98 Å². The van der Waals surface area contributed by atoms with Crippen LogP contribution in [-0.4, -0.2) is 35.1 Å². The number of carbonyl (C=O) groups excluding carboxylic acids is 1. The number of benzene rings is 2. The van der Waals surface area contributed by atoms with Gasteiger partial charge in [-0.2, -0.15) is 0 Å². The van der Waals surface area contributed by atoms with Gasteiger partial charge in [-0.15, -0.1) is 0 Å². The number of aryl methyl sites for hydroxylation is 1. The third-order valence-corrected chi connectivity index (χ3v) is 6.43. The summed E-state index contributed by atoms with van der Waals surface area (Å²) in [7, 11) is 0. The average Bonchev–Trinajstić information content (AvgIpc) is 2.91. The van der Waals surface area contributed by atoms with E-state index in [1.807, 2.05) is 28.8 Å². The van der Waals surface area contributed by atoms with Crippen molar-refractivity contribution < 1.29 is 4.79 Å². The van der Waals surface area contributed by atoms with Gasteiger partial charge in [0.2, 0.25) is 0 Å². The van der Waals surface area contributed by atoms with Crippen molar-refractivity contribution >= 4 is 17.9 Å². The molecule has 2 heterocycles. The maximum absolute atomic E-state index is 12.9. The van der Waals surface area contributed by atoms with Crippen LogP contribution in [-0.2, 0) is 13.0 Å². The molecule has 2 aromatic carbocycles. The number of aromatic nitrogens is 2. The molecule has 0 aliphatic carbocycles. The summed E-state index contributed by atoms with van der Waals surface area (Å²) in [6.07, 6.45) is 6.70. The van der Waals surface area contributed by atoms with E-state index in [-0.39, 0.29) is 5.91 Å². The summed E-state index contributed by atoms with van der Waals surface area (Å²) in [6.45, 7) is 9.28. The van der Waals surface area contributed by atoms with Gasteiger partial charge in [0.05, 0.1) is 11.9 Å². The van der Waals surface area contributed by atoms with Gasteiger partial charge in [0.15, 0.2) is 11.3 Å². The zero-order chi connectivity index (χ0) is 24.6. The summed E-state index contributed by atoms with van der Waals surface area (Å²) < 4.78 is 1.85. The van der Waals surface area contributed by atoms with Gasteiger partial charge in [0, 0.05) is 30.4 Å². The summed E-state index contributed by atoms with van der Waals surface area (Å²) in [5, 5.41) is 6.43. The number of nitrogens with two attached hydrogens (primary N) is 1. The fourth-order valence-electron chi connectivity index (χ4n) is 4.34. The number of piperidine rings is 1. The van der Waals surface area contributed by atoms with Crippen molar-refractivity contribution in [1.82, 2.24) is 20.2 Å². The molecule has 7 heteroatoms.